The molecule has 0 N–H and O–H groups in total. The molecule has 0 unspecified atom stereocenters. The van der Waals surface area contributed by atoms with Crippen LogP contribution in [0.3, 0.4) is 0 Å². The third kappa shape index (κ3) is 1.86. The fourth-order valence-corrected chi connectivity index (χ4v) is 0.701. The van der Waals surface area contributed by atoms with E-state index in [1.807, 2.05) is 27.9 Å². The van der Waals surface area contributed by atoms with Gasteiger partial charge in [0.25, 0.3) is 0 Å². The standard InChI is InChI=1S/C8H18ClN/c1-7(2,9)8(3,4)10(5)6/h1-6H3. The summed E-state index contributed by atoms with van der Waals surface area (Å²) < 4.78 is 0. The molecule has 0 fully saturated rings. The summed E-state index contributed by atoms with van der Waals surface area (Å²) in [6, 6.07) is 0. The van der Waals surface area contributed by atoms with Crippen LogP contribution in [0.15, 0.2) is 0 Å². The highest BCUT2D eigenvalue weighted by molar-refractivity contribution is 6.24. The molecule has 0 bridgehead atoms. The monoisotopic (exact) mass is 163 g/mol. The number of halogens is 1. The highest BCUT2D eigenvalue weighted by Crippen LogP contribution is 2.31. The van der Waals surface area contributed by atoms with E-state index < -0.39 is 0 Å². The Morgan fingerprint density at radius 3 is 1.30 bits per heavy atom. The molecule has 10 heavy (non-hydrogen) atoms. The number of alkyl halides is 1. The van der Waals surface area contributed by atoms with Gasteiger partial charge in [-0.15, -0.1) is 11.6 Å². The molecule has 0 heterocycles. The summed E-state index contributed by atoms with van der Waals surface area (Å²) >= 11 is 6.18. The van der Waals surface area contributed by atoms with Crippen molar-refractivity contribution in [3.63, 3.8) is 0 Å². The molecule has 0 aliphatic carbocycles. The summed E-state index contributed by atoms with van der Waals surface area (Å²) in [6.07, 6.45) is 0. The van der Waals surface area contributed by atoms with Gasteiger partial charge >= 0.3 is 0 Å². The van der Waals surface area contributed by atoms with Crippen molar-refractivity contribution in [3.05, 3.63) is 0 Å². The predicted molar refractivity (Wildman–Crippen MR) is 47.7 cm³/mol. The Hall–Kier alpha value is 0.250. The highest BCUT2D eigenvalue weighted by Gasteiger charge is 2.36. The first-order chi connectivity index (χ1) is 4.19. The topological polar surface area (TPSA) is 3.24 Å². The lowest BCUT2D eigenvalue weighted by Gasteiger charge is -2.42. The van der Waals surface area contributed by atoms with Crippen molar-refractivity contribution in [2.45, 2.75) is 38.1 Å². The van der Waals surface area contributed by atoms with Crippen LogP contribution in [-0.2, 0) is 0 Å². The number of rotatable bonds is 2. The molecular formula is C8H18ClN. The summed E-state index contributed by atoms with van der Waals surface area (Å²) in [6.45, 7) is 8.35. The Kier molecular flexibility index (Phi) is 2.77. The van der Waals surface area contributed by atoms with Gasteiger partial charge in [0.2, 0.25) is 0 Å². The van der Waals surface area contributed by atoms with Crippen molar-refractivity contribution in [2.24, 2.45) is 0 Å². The van der Waals surface area contributed by atoms with E-state index in [1.165, 1.54) is 0 Å². The quantitative estimate of drug-likeness (QED) is 0.565. The second kappa shape index (κ2) is 2.71. The molecular weight excluding hydrogens is 146 g/mol. The highest BCUT2D eigenvalue weighted by atomic mass is 35.5. The lowest BCUT2D eigenvalue weighted by atomic mass is 9.89. The molecule has 62 valence electrons. The third-order valence-electron chi connectivity index (χ3n) is 2.57. The summed E-state index contributed by atoms with van der Waals surface area (Å²) in [5.74, 6) is 0. The van der Waals surface area contributed by atoms with Gasteiger partial charge in [-0.25, -0.2) is 0 Å². The minimum atomic E-state index is -0.184. The van der Waals surface area contributed by atoms with Crippen molar-refractivity contribution >= 4 is 11.6 Å². The SMILES string of the molecule is CN(C)C(C)(C)C(C)(C)Cl. The molecule has 0 rings (SSSR count). The van der Waals surface area contributed by atoms with Gasteiger partial charge in [-0.3, -0.25) is 0 Å². The maximum Gasteiger partial charge on any atom is 0.0568 e. The molecule has 0 aliphatic rings. The Morgan fingerprint density at radius 2 is 1.30 bits per heavy atom. The molecule has 2 heteroatoms. The second-order valence-corrected chi connectivity index (χ2v) is 4.87. The summed E-state index contributed by atoms with van der Waals surface area (Å²) in [7, 11) is 4.09. The number of hydrogen-bond donors (Lipinski definition) is 0. The van der Waals surface area contributed by atoms with Crippen LogP contribution in [0.25, 0.3) is 0 Å². The smallest absolute Gasteiger partial charge is 0.0568 e. The first kappa shape index (κ1) is 10.2. The van der Waals surface area contributed by atoms with Crippen LogP contribution in [0.2, 0.25) is 0 Å². The van der Waals surface area contributed by atoms with E-state index in [0.717, 1.165) is 0 Å². The molecule has 0 aromatic carbocycles. The second-order valence-electron chi connectivity index (χ2n) is 3.93. The van der Waals surface area contributed by atoms with Crippen LogP contribution < -0.4 is 0 Å². The van der Waals surface area contributed by atoms with Crippen molar-refractivity contribution in [1.29, 1.82) is 0 Å². The molecule has 0 aromatic heterocycles. The molecule has 0 saturated heterocycles. The lowest BCUT2D eigenvalue weighted by molar-refractivity contribution is 0.152. The van der Waals surface area contributed by atoms with Crippen LogP contribution in [0.4, 0.5) is 0 Å². The Labute approximate surface area is 69.4 Å². The summed E-state index contributed by atoms with van der Waals surface area (Å²) in [5, 5.41) is 0. The molecule has 0 spiro atoms. The van der Waals surface area contributed by atoms with Gasteiger partial charge in [0.05, 0.1) is 4.87 Å². The van der Waals surface area contributed by atoms with Crippen molar-refractivity contribution in [3.8, 4) is 0 Å². The maximum absolute atomic E-state index is 6.18. The summed E-state index contributed by atoms with van der Waals surface area (Å²) in [5.41, 5.74) is 0.0363. The zero-order chi connectivity index (χ0) is 8.58. The Morgan fingerprint density at radius 1 is 1.00 bits per heavy atom. The third-order valence-corrected chi connectivity index (χ3v) is 3.04. The van der Waals surface area contributed by atoms with Crippen molar-refractivity contribution in [1.82, 2.24) is 4.90 Å². The summed E-state index contributed by atoms with van der Waals surface area (Å²) in [4.78, 5) is 1.95. The van der Waals surface area contributed by atoms with Crippen LogP contribution in [0.5, 0.6) is 0 Å². The molecule has 0 amide bonds. The minimum absolute atomic E-state index is 0.0363. The molecule has 0 saturated carbocycles. The minimum Gasteiger partial charge on any atom is -0.303 e. The van der Waals surface area contributed by atoms with Gasteiger partial charge in [0.15, 0.2) is 0 Å². The average Bonchev–Trinajstić information content (AvgIpc) is 1.62. The number of nitrogens with zero attached hydrogens (tertiary/aromatic N) is 1. The van der Waals surface area contributed by atoms with Gasteiger partial charge in [-0.1, -0.05) is 0 Å². The van der Waals surface area contributed by atoms with E-state index in [-0.39, 0.29) is 10.4 Å². The van der Waals surface area contributed by atoms with Crippen molar-refractivity contribution in [2.75, 3.05) is 14.1 Å². The average molecular weight is 164 g/mol. The first-order valence-electron chi connectivity index (χ1n) is 3.56. The molecule has 1 nitrogen and oxygen atoms in total. The molecule has 0 atom stereocenters. The van der Waals surface area contributed by atoms with E-state index >= 15 is 0 Å². The van der Waals surface area contributed by atoms with Gasteiger partial charge in [0.1, 0.15) is 0 Å². The van der Waals surface area contributed by atoms with E-state index in [0.29, 0.717) is 0 Å². The van der Waals surface area contributed by atoms with Crippen LogP contribution in [0.1, 0.15) is 27.7 Å². The molecule has 0 aromatic rings. The maximum atomic E-state index is 6.18. The van der Waals surface area contributed by atoms with E-state index in [9.17, 15) is 0 Å². The molecule has 0 radical (unpaired) electrons. The molecule has 0 aliphatic heterocycles. The van der Waals surface area contributed by atoms with Gasteiger partial charge in [0, 0.05) is 5.54 Å². The van der Waals surface area contributed by atoms with Gasteiger partial charge in [-0.05, 0) is 41.8 Å². The lowest BCUT2D eigenvalue weighted by Crippen LogP contribution is -2.51. The normalized spacial score (nSPS) is 14.4. The van der Waals surface area contributed by atoms with Gasteiger partial charge < -0.3 is 4.90 Å². The van der Waals surface area contributed by atoms with Crippen LogP contribution in [-0.4, -0.2) is 29.4 Å². The van der Waals surface area contributed by atoms with Gasteiger partial charge in [-0.2, -0.15) is 0 Å². The Balaban J connectivity index is 4.40. The predicted octanol–water partition coefficient (Wildman–Crippen LogP) is 2.34. The van der Waals surface area contributed by atoms with E-state index in [1.54, 1.807) is 0 Å². The fourth-order valence-electron chi connectivity index (χ4n) is 0.532. The van der Waals surface area contributed by atoms with E-state index in [2.05, 4.69) is 18.7 Å². The van der Waals surface area contributed by atoms with E-state index in [4.69, 9.17) is 11.6 Å². The largest absolute Gasteiger partial charge is 0.303 e. The fraction of sp³-hybridized carbons (Fsp3) is 1.00. The van der Waals surface area contributed by atoms with Crippen molar-refractivity contribution < 1.29 is 0 Å². The number of hydrogen-bond acceptors (Lipinski definition) is 1. The zero-order valence-electron chi connectivity index (χ0n) is 7.83. The van der Waals surface area contributed by atoms with Crippen LogP contribution in [0, 0.1) is 0 Å². The first-order valence-corrected chi connectivity index (χ1v) is 3.93. The zero-order valence-corrected chi connectivity index (χ0v) is 8.58. The van der Waals surface area contributed by atoms with Crippen LogP contribution >= 0.6 is 11.6 Å². The Bertz CT molecular complexity index is 111.